The molecule has 2 rings (SSSR count). The van der Waals surface area contributed by atoms with Gasteiger partial charge >= 0.3 is 5.97 Å². The fourth-order valence-electron chi connectivity index (χ4n) is 2.16. The van der Waals surface area contributed by atoms with Gasteiger partial charge in [0.15, 0.2) is 18.1 Å². The van der Waals surface area contributed by atoms with Gasteiger partial charge in [-0.15, -0.1) is 0 Å². The first-order valence-electron chi connectivity index (χ1n) is 8.02. The number of hydrogen-bond donors (Lipinski definition) is 5. The van der Waals surface area contributed by atoms with Gasteiger partial charge in [0.25, 0.3) is 0 Å². The molecule has 0 aromatic heterocycles. The van der Waals surface area contributed by atoms with Crippen molar-refractivity contribution in [2.24, 2.45) is 0 Å². The predicted molar refractivity (Wildman–Crippen MR) is 101 cm³/mol. The molecule has 9 heteroatoms. The summed E-state index contributed by atoms with van der Waals surface area (Å²) in [6.45, 7) is 0.697. The van der Waals surface area contributed by atoms with Crippen LogP contribution in [0.4, 0.5) is 11.4 Å². The summed E-state index contributed by atoms with van der Waals surface area (Å²) in [7, 11) is 0. The van der Waals surface area contributed by atoms with E-state index in [0.29, 0.717) is 11.3 Å². The number of phenols is 2. The van der Waals surface area contributed by atoms with Gasteiger partial charge in [-0.1, -0.05) is 6.07 Å². The highest BCUT2D eigenvalue weighted by molar-refractivity contribution is 6.02. The lowest BCUT2D eigenvalue weighted by atomic mass is 10.2. The van der Waals surface area contributed by atoms with Gasteiger partial charge in [0, 0.05) is 18.7 Å². The lowest BCUT2D eigenvalue weighted by Gasteiger charge is -2.12. The number of aromatic hydroxyl groups is 2. The van der Waals surface area contributed by atoms with Crippen LogP contribution in [0.2, 0.25) is 0 Å². The molecule has 0 aliphatic carbocycles. The zero-order valence-corrected chi connectivity index (χ0v) is 14.8. The third-order valence-electron chi connectivity index (χ3n) is 3.34. The number of carboxylic acids is 1. The van der Waals surface area contributed by atoms with Crippen LogP contribution in [-0.2, 0) is 14.4 Å². The van der Waals surface area contributed by atoms with Crippen LogP contribution in [0, 0.1) is 0 Å². The van der Waals surface area contributed by atoms with E-state index in [1.807, 2.05) is 0 Å². The summed E-state index contributed by atoms with van der Waals surface area (Å²) >= 11 is 0. The van der Waals surface area contributed by atoms with E-state index < -0.39 is 24.4 Å². The number of amides is 2. The number of ether oxygens (including phenoxy) is 1. The van der Waals surface area contributed by atoms with Gasteiger partial charge in [-0.2, -0.15) is 0 Å². The van der Waals surface area contributed by atoms with Crippen LogP contribution in [0.25, 0.3) is 6.08 Å². The highest BCUT2D eigenvalue weighted by atomic mass is 16.5. The summed E-state index contributed by atoms with van der Waals surface area (Å²) in [5, 5.41) is 32.5. The number of aliphatic carboxylic acids is 1. The summed E-state index contributed by atoms with van der Waals surface area (Å²) in [6, 6.07) is 8.44. The van der Waals surface area contributed by atoms with Crippen molar-refractivity contribution in [2.75, 3.05) is 17.2 Å². The van der Waals surface area contributed by atoms with Gasteiger partial charge in [-0.3, -0.25) is 9.59 Å². The van der Waals surface area contributed by atoms with Crippen LogP contribution in [0.15, 0.2) is 42.5 Å². The normalized spacial score (nSPS) is 10.5. The van der Waals surface area contributed by atoms with E-state index in [4.69, 9.17) is 9.84 Å². The Bertz CT molecular complexity index is 938. The maximum Gasteiger partial charge on any atom is 0.341 e. The number of carbonyl (C=O) groups excluding carboxylic acids is 2. The number of rotatable bonds is 7. The molecule has 0 saturated heterocycles. The van der Waals surface area contributed by atoms with Gasteiger partial charge in [-0.05, 0) is 42.0 Å². The number of phenolic OH excluding ortho intramolecular Hbond substituents is 2. The fourth-order valence-corrected chi connectivity index (χ4v) is 2.16. The monoisotopic (exact) mass is 386 g/mol. The fraction of sp³-hybridized carbons (Fsp3) is 0.105. The Balaban J connectivity index is 2.12. The molecule has 0 heterocycles. The first kappa shape index (κ1) is 20.3. The largest absolute Gasteiger partial charge is 0.504 e. The van der Waals surface area contributed by atoms with E-state index in [2.05, 4.69) is 10.6 Å². The molecule has 0 unspecified atom stereocenters. The molecule has 9 nitrogen and oxygen atoms in total. The topological polar surface area (TPSA) is 145 Å². The summed E-state index contributed by atoms with van der Waals surface area (Å²) in [6.07, 6.45) is 2.66. The van der Waals surface area contributed by atoms with Crippen molar-refractivity contribution in [2.45, 2.75) is 6.92 Å². The Morgan fingerprint density at radius 2 is 1.79 bits per heavy atom. The molecule has 28 heavy (non-hydrogen) atoms. The Morgan fingerprint density at radius 3 is 2.43 bits per heavy atom. The second-order valence-electron chi connectivity index (χ2n) is 5.65. The zero-order valence-electron chi connectivity index (χ0n) is 14.8. The molecule has 0 fully saturated rings. The highest BCUT2D eigenvalue weighted by Gasteiger charge is 2.10. The van der Waals surface area contributed by atoms with E-state index in [0.717, 1.165) is 0 Å². The van der Waals surface area contributed by atoms with Gasteiger partial charge in [0.2, 0.25) is 11.8 Å². The molecule has 0 bridgehead atoms. The number of benzene rings is 2. The van der Waals surface area contributed by atoms with Crippen LogP contribution >= 0.6 is 0 Å². The van der Waals surface area contributed by atoms with Crippen LogP contribution in [0.5, 0.6) is 17.2 Å². The molecule has 0 radical (unpaired) electrons. The SMILES string of the molecule is CC(=O)Nc1cc(NC(=O)/C=C/c2ccc(O)c(O)c2)ccc1OCC(=O)O. The Kier molecular flexibility index (Phi) is 6.58. The molecule has 2 aromatic carbocycles. The third kappa shape index (κ3) is 6.06. The van der Waals surface area contributed by atoms with E-state index in [9.17, 15) is 24.6 Å². The third-order valence-corrected chi connectivity index (χ3v) is 3.34. The summed E-state index contributed by atoms with van der Waals surface area (Å²) in [4.78, 5) is 34.0. The summed E-state index contributed by atoms with van der Waals surface area (Å²) < 4.78 is 5.10. The molecule has 0 spiro atoms. The van der Waals surface area contributed by atoms with Gasteiger partial charge in [0.05, 0.1) is 5.69 Å². The Hall–Kier alpha value is -4.01. The molecule has 0 atom stereocenters. The van der Waals surface area contributed by atoms with E-state index in [-0.39, 0.29) is 22.9 Å². The van der Waals surface area contributed by atoms with E-state index in [1.165, 1.54) is 55.5 Å². The lowest BCUT2D eigenvalue weighted by molar-refractivity contribution is -0.139. The van der Waals surface area contributed by atoms with Crippen LogP contribution < -0.4 is 15.4 Å². The minimum Gasteiger partial charge on any atom is -0.504 e. The van der Waals surface area contributed by atoms with Gasteiger partial charge < -0.3 is 30.7 Å². The second kappa shape index (κ2) is 9.08. The van der Waals surface area contributed by atoms with Crippen molar-refractivity contribution in [3.05, 3.63) is 48.0 Å². The molecule has 0 saturated carbocycles. The minimum atomic E-state index is -1.17. The van der Waals surface area contributed by atoms with Crippen molar-refractivity contribution >= 4 is 35.2 Å². The second-order valence-corrected chi connectivity index (χ2v) is 5.65. The zero-order chi connectivity index (χ0) is 20.7. The average molecular weight is 386 g/mol. The summed E-state index contributed by atoms with van der Waals surface area (Å²) in [5.74, 6) is -2.48. The smallest absolute Gasteiger partial charge is 0.341 e. The molecule has 5 N–H and O–H groups in total. The van der Waals surface area contributed by atoms with Crippen LogP contribution in [-0.4, -0.2) is 39.7 Å². The predicted octanol–water partition coefficient (Wildman–Crippen LogP) is 2.17. The highest BCUT2D eigenvalue weighted by Crippen LogP contribution is 2.28. The van der Waals surface area contributed by atoms with Crippen molar-refractivity contribution < 1.29 is 34.4 Å². The first-order chi connectivity index (χ1) is 13.2. The van der Waals surface area contributed by atoms with E-state index >= 15 is 0 Å². The van der Waals surface area contributed by atoms with Gasteiger partial charge in [0.1, 0.15) is 5.75 Å². The molecule has 2 aromatic rings. The molecule has 0 aliphatic rings. The minimum absolute atomic E-state index is 0.144. The number of carboxylic acid groups (broad SMARTS) is 1. The molecule has 2 amide bonds. The summed E-state index contributed by atoms with van der Waals surface area (Å²) in [5.41, 5.74) is 1.05. The average Bonchev–Trinajstić information content (AvgIpc) is 2.61. The molecule has 0 aliphatic heterocycles. The Labute approximate surface area is 159 Å². The van der Waals surface area contributed by atoms with Crippen molar-refractivity contribution in [3.8, 4) is 17.2 Å². The molecular formula is C19H18N2O7. The van der Waals surface area contributed by atoms with Gasteiger partial charge in [-0.25, -0.2) is 4.79 Å². The van der Waals surface area contributed by atoms with Crippen molar-refractivity contribution in [3.63, 3.8) is 0 Å². The van der Waals surface area contributed by atoms with E-state index in [1.54, 1.807) is 0 Å². The quantitative estimate of drug-likeness (QED) is 0.362. The number of anilines is 2. The standard InChI is InChI=1S/C19H18N2O7/c1-11(22)20-14-9-13(4-6-17(14)28-10-19(26)27)21-18(25)7-3-12-2-5-15(23)16(24)8-12/h2-9,23-24H,10H2,1H3,(H,20,22)(H,21,25)(H,26,27)/b7-3+. The molecular weight excluding hydrogens is 368 g/mol. The number of hydrogen-bond acceptors (Lipinski definition) is 6. The van der Waals surface area contributed by atoms with Crippen LogP contribution in [0.1, 0.15) is 12.5 Å². The maximum atomic E-state index is 12.1. The first-order valence-corrected chi connectivity index (χ1v) is 8.02. The maximum absolute atomic E-state index is 12.1. The molecule has 146 valence electrons. The van der Waals surface area contributed by atoms with Crippen LogP contribution in [0.3, 0.4) is 0 Å². The lowest BCUT2D eigenvalue weighted by Crippen LogP contribution is -2.13. The Morgan fingerprint density at radius 1 is 1.04 bits per heavy atom. The van der Waals surface area contributed by atoms with Crippen molar-refractivity contribution in [1.82, 2.24) is 0 Å². The number of carbonyl (C=O) groups is 3. The van der Waals surface area contributed by atoms with Crippen molar-refractivity contribution in [1.29, 1.82) is 0 Å². The number of nitrogens with one attached hydrogen (secondary N) is 2.